The second-order valence-corrected chi connectivity index (χ2v) is 10.5. The number of nitrogens with zero attached hydrogens (tertiary/aromatic N) is 2. The van der Waals surface area contributed by atoms with Crippen molar-refractivity contribution in [3.05, 3.63) is 53.6 Å². The Kier molecular flexibility index (Phi) is 6.84. The number of carbonyl (C=O) groups is 1. The van der Waals surface area contributed by atoms with Gasteiger partial charge in [-0.2, -0.15) is 13.2 Å². The minimum absolute atomic E-state index is 0.172. The number of imidazole rings is 1. The molecular weight excluding hydrogens is 455 g/mol. The molecule has 1 heterocycles. The number of rotatable bonds is 6. The number of halogens is 3. The molecule has 2 atom stereocenters. The molecule has 0 bridgehead atoms. The highest BCUT2D eigenvalue weighted by Gasteiger charge is 2.35. The Labute approximate surface area is 203 Å². The van der Waals surface area contributed by atoms with Crippen LogP contribution in [0.2, 0.25) is 0 Å². The van der Waals surface area contributed by atoms with Crippen molar-refractivity contribution in [2.75, 3.05) is 12.4 Å². The Morgan fingerprint density at radius 2 is 1.89 bits per heavy atom. The van der Waals surface area contributed by atoms with Gasteiger partial charge in [-0.15, -0.1) is 0 Å². The molecule has 4 rings (SSSR count). The highest BCUT2D eigenvalue weighted by molar-refractivity contribution is 5.81. The Morgan fingerprint density at radius 1 is 1.17 bits per heavy atom. The molecule has 188 valence electrons. The van der Waals surface area contributed by atoms with Crippen LogP contribution in [0.1, 0.15) is 63.6 Å². The molecule has 0 saturated heterocycles. The number of hydrogen-bond acceptors (Lipinski definition) is 4. The maximum atomic E-state index is 13.0. The number of hydrogen-bond donors (Lipinski definition) is 1. The van der Waals surface area contributed by atoms with Crippen LogP contribution in [0.4, 0.5) is 24.8 Å². The fourth-order valence-electron chi connectivity index (χ4n) is 5.47. The average molecular weight is 488 g/mol. The molecule has 35 heavy (non-hydrogen) atoms. The van der Waals surface area contributed by atoms with Crippen molar-refractivity contribution in [1.82, 2.24) is 9.55 Å². The molecular formula is C27H32F3N3O2. The third kappa shape index (κ3) is 5.80. The fourth-order valence-corrected chi connectivity index (χ4v) is 5.47. The van der Waals surface area contributed by atoms with Crippen molar-refractivity contribution in [2.24, 2.45) is 11.3 Å². The summed E-state index contributed by atoms with van der Waals surface area (Å²) in [6.45, 7) is 6.83. The SMILES string of the molecule is COC(=O)CCc1ccc2c(c1)nc(Nc1ccc(C(F)(F)F)cc1)n2[C@H]1C[C@@H](C)CC(C)(C)C1. The molecule has 1 aliphatic rings. The zero-order valence-electron chi connectivity index (χ0n) is 20.6. The van der Waals surface area contributed by atoms with E-state index in [1.54, 1.807) is 0 Å². The number of carbonyl (C=O) groups excluding carboxylic acids is 1. The summed E-state index contributed by atoms with van der Waals surface area (Å²) in [5.41, 5.74) is 2.77. The van der Waals surface area contributed by atoms with Gasteiger partial charge in [0, 0.05) is 18.2 Å². The normalized spacial score (nSPS) is 20.1. The van der Waals surface area contributed by atoms with Gasteiger partial charge in [-0.1, -0.05) is 26.8 Å². The van der Waals surface area contributed by atoms with Crippen LogP contribution in [0.25, 0.3) is 11.0 Å². The molecule has 0 amide bonds. The number of nitrogens with one attached hydrogen (secondary N) is 1. The van der Waals surface area contributed by atoms with E-state index in [1.165, 1.54) is 19.2 Å². The zero-order valence-corrected chi connectivity index (χ0v) is 20.6. The summed E-state index contributed by atoms with van der Waals surface area (Å²) >= 11 is 0. The van der Waals surface area contributed by atoms with Gasteiger partial charge >= 0.3 is 12.1 Å². The molecule has 0 aliphatic heterocycles. The number of benzene rings is 2. The molecule has 0 radical (unpaired) electrons. The number of aryl methyl sites for hydroxylation is 1. The molecule has 5 nitrogen and oxygen atoms in total. The lowest BCUT2D eigenvalue weighted by atomic mass is 9.70. The smallest absolute Gasteiger partial charge is 0.416 e. The first-order valence-corrected chi connectivity index (χ1v) is 12.0. The number of methoxy groups -OCH3 is 1. The van der Waals surface area contributed by atoms with Crippen LogP contribution in [0.5, 0.6) is 0 Å². The highest BCUT2D eigenvalue weighted by Crippen LogP contribution is 2.46. The van der Waals surface area contributed by atoms with Crippen LogP contribution in [0.3, 0.4) is 0 Å². The number of alkyl halides is 3. The van der Waals surface area contributed by atoms with E-state index in [4.69, 9.17) is 9.72 Å². The number of aromatic nitrogens is 2. The molecule has 1 aromatic heterocycles. The number of anilines is 2. The van der Waals surface area contributed by atoms with Gasteiger partial charge in [-0.25, -0.2) is 4.98 Å². The molecule has 1 saturated carbocycles. The summed E-state index contributed by atoms with van der Waals surface area (Å²) in [4.78, 5) is 16.4. The lowest BCUT2D eigenvalue weighted by Gasteiger charge is -2.40. The number of ether oxygens (including phenoxy) is 1. The number of esters is 1. The first-order chi connectivity index (χ1) is 16.4. The van der Waals surface area contributed by atoms with Gasteiger partial charge in [0.15, 0.2) is 0 Å². The van der Waals surface area contributed by atoms with Gasteiger partial charge in [-0.3, -0.25) is 4.79 Å². The summed E-state index contributed by atoms with van der Waals surface area (Å²) in [6, 6.07) is 11.2. The average Bonchev–Trinajstić information content (AvgIpc) is 3.12. The third-order valence-electron chi connectivity index (χ3n) is 6.80. The second-order valence-electron chi connectivity index (χ2n) is 10.5. The van der Waals surface area contributed by atoms with Crippen LogP contribution < -0.4 is 5.32 Å². The molecule has 3 aromatic rings. The number of fused-ring (bicyclic) bond motifs is 1. The second kappa shape index (κ2) is 9.55. The van der Waals surface area contributed by atoms with Gasteiger partial charge in [-0.05, 0) is 79.0 Å². The Morgan fingerprint density at radius 3 is 2.51 bits per heavy atom. The van der Waals surface area contributed by atoms with Crippen LogP contribution in [-0.4, -0.2) is 22.6 Å². The fraction of sp³-hybridized carbons (Fsp3) is 0.481. The monoisotopic (exact) mass is 487 g/mol. The van der Waals surface area contributed by atoms with E-state index in [-0.39, 0.29) is 23.8 Å². The minimum atomic E-state index is -4.38. The molecule has 1 fully saturated rings. The molecule has 0 unspecified atom stereocenters. The predicted molar refractivity (Wildman–Crippen MR) is 131 cm³/mol. The van der Waals surface area contributed by atoms with Gasteiger partial charge in [0.25, 0.3) is 0 Å². The van der Waals surface area contributed by atoms with Crippen molar-refractivity contribution in [3.8, 4) is 0 Å². The molecule has 1 aliphatic carbocycles. The molecule has 1 N–H and O–H groups in total. The van der Waals surface area contributed by atoms with Gasteiger partial charge in [0.05, 0.1) is 23.7 Å². The minimum Gasteiger partial charge on any atom is -0.469 e. The lowest BCUT2D eigenvalue weighted by Crippen LogP contribution is -2.29. The largest absolute Gasteiger partial charge is 0.469 e. The molecule has 2 aromatic carbocycles. The summed E-state index contributed by atoms with van der Waals surface area (Å²) in [6.07, 6.45) is -0.417. The first-order valence-electron chi connectivity index (χ1n) is 12.0. The van der Waals surface area contributed by atoms with Crippen LogP contribution in [-0.2, 0) is 22.1 Å². The molecule has 8 heteroatoms. The molecule has 0 spiro atoms. The van der Waals surface area contributed by atoms with Crippen LogP contribution in [0, 0.1) is 11.3 Å². The van der Waals surface area contributed by atoms with Gasteiger partial charge in [0.1, 0.15) is 0 Å². The summed E-state index contributed by atoms with van der Waals surface area (Å²) < 4.78 is 46.0. The Bertz CT molecular complexity index is 1200. The lowest BCUT2D eigenvalue weighted by molar-refractivity contribution is -0.140. The zero-order chi connectivity index (χ0) is 25.4. The summed E-state index contributed by atoms with van der Waals surface area (Å²) in [5, 5.41) is 3.27. The standard InChI is InChI=1S/C27H32F3N3O2/c1-17-13-21(16-26(2,3)15-17)33-23-11-5-18(6-12-24(34)35-4)14-22(23)32-25(33)31-20-9-7-19(8-10-20)27(28,29)30/h5,7-11,14,17,21H,6,12-13,15-16H2,1-4H3,(H,31,32)/t17-,21+/m1/s1. The van der Waals surface area contributed by atoms with Crippen LogP contribution >= 0.6 is 0 Å². The maximum absolute atomic E-state index is 13.0. The van der Waals surface area contributed by atoms with E-state index in [9.17, 15) is 18.0 Å². The van der Waals surface area contributed by atoms with E-state index in [1.807, 2.05) is 18.2 Å². The quantitative estimate of drug-likeness (QED) is 0.371. The highest BCUT2D eigenvalue weighted by atomic mass is 19.4. The topological polar surface area (TPSA) is 56.1 Å². The van der Waals surface area contributed by atoms with Gasteiger partial charge < -0.3 is 14.6 Å². The van der Waals surface area contributed by atoms with E-state index in [0.29, 0.717) is 24.0 Å². The van der Waals surface area contributed by atoms with E-state index in [2.05, 4.69) is 30.7 Å². The first kappa shape index (κ1) is 25.1. The van der Waals surface area contributed by atoms with Crippen molar-refractivity contribution < 1.29 is 22.7 Å². The Balaban J connectivity index is 1.72. The van der Waals surface area contributed by atoms with Crippen molar-refractivity contribution >= 4 is 28.6 Å². The van der Waals surface area contributed by atoms with Crippen molar-refractivity contribution in [3.63, 3.8) is 0 Å². The maximum Gasteiger partial charge on any atom is 0.416 e. The summed E-state index contributed by atoms with van der Waals surface area (Å²) in [5.74, 6) is 0.887. The van der Waals surface area contributed by atoms with Crippen molar-refractivity contribution in [1.29, 1.82) is 0 Å². The van der Waals surface area contributed by atoms with Crippen molar-refractivity contribution in [2.45, 2.75) is 65.1 Å². The van der Waals surface area contributed by atoms with Gasteiger partial charge in [0.2, 0.25) is 5.95 Å². The van der Waals surface area contributed by atoms with E-state index < -0.39 is 11.7 Å². The van der Waals surface area contributed by atoms with E-state index >= 15 is 0 Å². The van der Waals surface area contributed by atoms with Crippen LogP contribution in [0.15, 0.2) is 42.5 Å². The summed E-state index contributed by atoms with van der Waals surface area (Å²) in [7, 11) is 1.37. The Hall–Kier alpha value is -3.03. The predicted octanol–water partition coefficient (Wildman–Crippen LogP) is 7.29. The third-order valence-corrected chi connectivity index (χ3v) is 6.80. The van der Waals surface area contributed by atoms with E-state index in [0.717, 1.165) is 48.0 Å².